The van der Waals surface area contributed by atoms with Crippen LogP contribution in [0.5, 0.6) is 0 Å². The first-order valence-electron chi connectivity index (χ1n) is 4.94. The van der Waals surface area contributed by atoms with Crippen LogP contribution in [0.15, 0.2) is 41.6 Å². The zero-order valence-electron chi connectivity index (χ0n) is 8.86. The van der Waals surface area contributed by atoms with Crippen molar-refractivity contribution in [3.63, 3.8) is 0 Å². The number of ether oxygens (including phenoxy) is 1. The highest BCUT2D eigenvalue weighted by atomic mass is 16.5. The average molecular weight is 191 g/mol. The van der Waals surface area contributed by atoms with Gasteiger partial charge in [-0.25, -0.2) is 0 Å². The van der Waals surface area contributed by atoms with Crippen LogP contribution in [-0.4, -0.2) is 12.4 Å². The van der Waals surface area contributed by atoms with E-state index in [1.165, 1.54) is 0 Å². The Kier molecular flexibility index (Phi) is 4.17. The molecule has 0 aromatic heterocycles. The average Bonchev–Trinajstić information content (AvgIpc) is 2.53. The first-order valence-corrected chi connectivity index (χ1v) is 4.94. The summed E-state index contributed by atoms with van der Waals surface area (Å²) in [6, 6.07) is 0. The summed E-state index contributed by atoms with van der Waals surface area (Å²) in [5, 5.41) is 0. The van der Waals surface area contributed by atoms with Gasteiger partial charge in [0.15, 0.2) is 0 Å². The van der Waals surface area contributed by atoms with Gasteiger partial charge >= 0.3 is 0 Å². The van der Waals surface area contributed by atoms with Crippen molar-refractivity contribution in [3.05, 3.63) is 36.6 Å². The molecule has 1 aliphatic rings. The minimum absolute atomic E-state index is 0.681. The zero-order valence-corrected chi connectivity index (χ0v) is 8.86. The van der Waals surface area contributed by atoms with Crippen molar-refractivity contribution in [1.82, 2.24) is 0 Å². The molecule has 0 amide bonds. The molecule has 0 N–H and O–H groups in total. The maximum atomic E-state index is 5.25. The van der Waals surface area contributed by atoms with Gasteiger partial charge in [0.05, 0.1) is 6.26 Å². The number of nitrogens with zero attached hydrogens (tertiary/aromatic N) is 1. The Bertz CT molecular complexity index is 285. The van der Waals surface area contributed by atoms with Crippen LogP contribution in [0.4, 0.5) is 0 Å². The number of hydrogen-bond donors (Lipinski definition) is 0. The molecule has 2 nitrogen and oxygen atoms in total. The fourth-order valence-corrected chi connectivity index (χ4v) is 1.12. The van der Waals surface area contributed by atoms with E-state index in [1.807, 2.05) is 12.2 Å². The molecular weight excluding hydrogens is 174 g/mol. The van der Waals surface area contributed by atoms with Crippen LogP contribution in [0.1, 0.15) is 20.3 Å². The lowest BCUT2D eigenvalue weighted by molar-refractivity contribution is 0.481. The van der Waals surface area contributed by atoms with Crippen molar-refractivity contribution < 1.29 is 4.74 Å². The molecular formula is C12H17NO. The predicted molar refractivity (Wildman–Crippen MR) is 60.3 cm³/mol. The van der Waals surface area contributed by atoms with Gasteiger partial charge in [-0.05, 0) is 18.4 Å². The van der Waals surface area contributed by atoms with Crippen LogP contribution >= 0.6 is 0 Å². The Balaban J connectivity index is 2.52. The second kappa shape index (κ2) is 5.43. The summed E-state index contributed by atoms with van der Waals surface area (Å²) >= 11 is 0. The third-order valence-corrected chi connectivity index (χ3v) is 1.93. The monoisotopic (exact) mass is 191 g/mol. The van der Waals surface area contributed by atoms with Gasteiger partial charge in [-0.2, -0.15) is 0 Å². The van der Waals surface area contributed by atoms with Crippen LogP contribution in [0.3, 0.4) is 0 Å². The lowest BCUT2D eigenvalue weighted by atomic mass is 10.1. The van der Waals surface area contributed by atoms with E-state index in [0.29, 0.717) is 11.8 Å². The molecule has 1 aliphatic heterocycles. The number of allylic oxidation sites excluding steroid dienone is 2. The molecule has 1 rings (SSSR count). The van der Waals surface area contributed by atoms with Crippen LogP contribution in [0.25, 0.3) is 0 Å². The first-order chi connectivity index (χ1) is 6.74. The molecule has 14 heavy (non-hydrogen) atoms. The Labute approximate surface area is 85.7 Å². The molecule has 0 radical (unpaired) electrons. The Morgan fingerprint density at radius 2 is 2.36 bits per heavy atom. The number of aliphatic imine (C=N–C) groups is 1. The Morgan fingerprint density at radius 1 is 1.57 bits per heavy atom. The van der Waals surface area contributed by atoms with Gasteiger partial charge in [0.1, 0.15) is 0 Å². The minimum atomic E-state index is 0.681. The lowest BCUT2D eigenvalue weighted by Crippen LogP contribution is -2.00. The van der Waals surface area contributed by atoms with E-state index in [1.54, 1.807) is 12.3 Å². The highest BCUT2D eigenvalue weighted by Crippen LogP contribution is 2.11. The summed E-state index contributed by atoms with van der Waals surface area (Å²) in [4.78, 5) is 4.38. The van der Waals surface area contributed by atoms with Crippen molar-refractivity contribution >= 4 is 5.90 Å². The van der Waals surface area contributed by atoms with Gasteiger partial charge in [0.2, 0.25) is 5.90 Å². The standard InChI is InChI=1S/C12H17NO/c1-4-5-11-7-9-14-12(11)13-8-6-10(2)3/h4-5,7,9-10H,1,6,8H2,2-3H3/b11-5-,13-12+. The van der Waals surface area contributed by atoms with Gasteiger partial charge < -0.3 is 4.74 Å². The molecule has 0 saturated carbocycles. The summed E-state index contributed by atoms with van der Waals surface area (Å²) in [6.45, 7) is 8.85. The van der Waals surface area contributed by atoms with Crippen molar-refractivity contribution in [2.45, 2.75) is 20.3 Å². The molecule has 2 heteroatoms. The third kappa shape index (κ3) is 3.21. The van der Waals surface area contributed by atoms with Gasteiger partial charge in [0.25, 0.3) is 0 Å². The van der Waals surface area contributed by atoms with Crippen molar-refractivity contribution in [2.24, 2.45) is 10.9 Å². The van der Waals surface area contributed by atoms with E-state index < -0.39 is 0 Å². The number of rotatable bonds is 4. The summed E-state index contributed by atoms with van der Waals surface area (Å²) in [5.74, 6) is 1.39. The van der Waals surface area contributed by atoms with E-state index in [2.05, 4.69) is 25.4 Å². The topological polar surface area (TPSA) is 21.6 Å². The van der Waals surface area contributed by atoms with E-state index in [0.717, 1.165) is 18.5 Å². The minimum Gasteiger partial charge on any atom is -0.446 e. The summed E-state index contributed by atoms with van der Waals surface area (Å²) in [5.41, 5.74) is 1.00. The lowest BCUT2D eigenvalue weighted by Gasteiger charge is -2.02. The van der Waals surface area contributed by atoms with E-state index in [9.17, 15) is 0 Å². The molecule has 0 bridgehead atoms. The summed E-state index contributed by atoms with van der Waals surface area (Å²) in [6.07, 6.45) is 8.29. The second-order valence-corrected chi connectivity index (χ2v) is 3.65. The molecule has 1 heterocycles. The molecule has 0 aromatic rings. The summed E-state index contributed by atoms with van der Waals surface area (Å²) < 4.78 is 5.25. The maximum absolute atomic E-state index is 5.25. The largest absolute Gasteiger partial charge is 0.446 e. The van der Waals surface area contributed by atoms with Crippen molar-refractivity contribution in [3.8, 4) is 0 Å². The van der Waals surface area contributed by atoms with Gasteiger partial charge in [-0.3, -0.25) is 4.99 Å². The van der Waals surface area contributed by atoms with Crippen LogP contribution in [-0.2, 0) is 4.74 Å². The molecule has 0 fully saturated rings. The van der Waals surface area contributed by atoms with Crippen molar-refractivity contribution in [2.75, 3.05) is 6.54 Å². The quantitative estimate of drug-likeness (QED) is 0.669. The molecule has 0 spiro atoms. The van der Waals surface area contributed by atoms with Gasteiger partial charge in [-0.1, -0.05) is 32.6 Å². The SMILES string of the molecule is C=C/C=C1/C=CO/C1=N/CCC(C)C. The first kappa shape index (κ1) is 10.8. The molecule has 76 valence electrons. The van der Waals surface area contributed by atoms with Gasteiger partial charge in [-0.15, -0.1) is 0 Å². The van der Waals surface area contributed by atoms with E-state index >= 15 is 0 Å². The van der Waals surface area contributed by atoms with Crippen LogP contribution in [0, 0.1) is 5.92 Å². The maximum Gasteiger partial charge on any atom is 0.221 e. The van der Waals surface area contributed by atoms with Crippen LogP contribution < -0.4 is 0 Å². The van der Waals surface area contributed by atoms with Crippen molar-refractivity contribution in [1.29, 1.82) is 0 Å². The highest BCUT2D eigenvalue weighted by Gasteiger charge is 2.09. The van der Waals surface area contributed by atoms with E-state index in [-0.39, 0.29) is 0 Å². The van der Waals surface area contributed by atoms with Gasteiger partial charge in [0, 0.05) is 12.1 Å². The molecule has 0 unspecified atom stereocenters. The fraction of sp³-hybridized carbons (Fsp3) is 0.417. The normalized spacial score (nSPS) is 20.8. The fourth-order valence-electron chi connectivity index (χ4n) is 1.12. The van der Waals surface area contributed by atoms with Crippen LogP contribution in [0.2, 0.25) is 0 Å². The molecule has 0 saturated heterocycles. The summed E-state index contributed by atoms with van der Waals surface area (Å²) in [7, 11) is 0. The van der Waals surface area contributed by atoms with E-state index in [4.69, 9.17) is 4.74 Å². The smallest absolute Gasteiger partial charge is 0.221 e. The number of hydrogen-bond acceptors (Lipinski definition) is 2. The Morgan fingerprint density at radius 3 is 3.00 bits per heavy atom. The predicted octanol–water partition coefficient (Wildman–Crippen LogP) is 3.09. The molecule has 0 atom stereocenters. The molecule has 0 aliphatic carbocycles. The second-order valence-electron chi connectivity index (χ2n) is 3.65. The zero-order chi connectivity index (χ0) is 10.4. The molecule has 0 aromatic carbocycles. The Hall–Kier alpha value is -1.31. The third-order valence-electron chi connectivity index (χ3n) is 1.93. The highest BCUT2D eigenvalue weighted by molar-refractivity contribution is 5.98.